The van der Waals surface area contributed by atoms with Gasteiger partial charge in [-0.05, 0) is 45.8 Å². The lowest BCUT2D eigenvalue weighted by Gasteiger charge is -2.14. The molecule has 1 heterocycles. The molecule has 1 aromatic carbocycles. The summed E-state index contributed by atoms with van der Waals surface area (Å²) in [7, 11) is 1.66. The van der Waals surface area contributed by atoms with Gasteiger partial charge in [-0.25, -0.2) is 4.98 Å². The van der Waals surface area contributed by atoms with Gasteiger partial charge in [-0.15, -0.1) is 0 Å². The summed E-state index contributed by atoms with van der Waals surface area (Å²) < 4.78 is 6.14. The van der Waals surface area contributed by atoms with Crippen LogP contribution in [0.3, 0.4) is 0 Å². The van der Waals surface area contributed by atoms with Gasteiger partial charge in [-0.3, -0.25) is 0 Å². The zero-order chi connectivity index (χ0) is 13.7. The summed E-state index contributed by atoms with van der Waals surface area (Å²) in [6.07, 6.45) is 1.80. The van der Waals surface area contributed by atoms with E-state index in [1.54, 1.807) is 25.1 Å². The molecule has 2 aromatic rings. The molecule has 0 aliphatic heterocycles. The van der Waals surface area contributed by atoms with Crippen LogP contribution in [0.25, 0.3) is 0 Å². The maximum Gasteiger partial charge on any atom is 0.118 e. The first kappa shape index (κ1) is 14.4. The van der Waals surface area contributed by atoms with Crippen LogP contribution in [0.4, 0.5) is 0 Å². The molecule has 0 amide bonds. The maximum absolute atomic E-state index is 5.86. The number of nitrogens with two attached hydrogens (primary N) is 1. The van der Waals surface area contributed by atoms with Gasteiger partial charge in [0.05, 0.1) is 12.1 Å². The van der Waals surface area contributed by atoms with Gasteiger partial charge in [-0.2, -0.15) is 0 Å². The molecule has 1 aromatic heterocycles. The predicted molar refractivity (Wildman–Crippen MR) is 82.6 cm³/mol. The average Bonchev–Trinajstić information content (AvgIpc) is 2.47. The summed E-state index contributed by atoms with van der Waals surface area (Å²) in [5, 5.41) is 1.16. The van der Waals surface area contributed by atoms with Gasteiger partial charge in [0.2, 0.25) is 0 Å². The molecule has 0 saturated heterocycles. The Kier molecular flexibility index (Phi) is 5.24. The highest BCUT2D eigenvalue weighted by Gasteiger charge is 2.12. The highest BCUT2D eigenvalue weighted by Crippen LogP contribution is 2.34. The molecule has 0 radical (unpaired) electrons. The summed E-state index contributed by atoms with van der Waals surface area (Å²) in [5.41, 5.74) is 7.04. The van der Waals surface area contributed by atoms with Gasteiger partial charge in [0.25, 0.3) is 0 Å². The van der Waals surface area contributed by atoms with Crippen LogP contribution >= 0.6 is 27.7 Å². The topological polar surface area (TPSA) is 48.1 Å². The number of nitrogens with zero attached hydrogens (tertiary/aromatic N) is 1. The molecule has 0 aliphatic carbocycles. The van der Waals surface area contributed by atoms with E-state index < -0.39 is 0 Å². The fraction of sp³-hybridized carbons (Fsp3) is 0.214. The molecule has 5 heteroatoms. The molecule has 19 heavy (non-hydrogen) atoms. The van der Waals surface area contributed by atoms with E-state index in [-0.39, 0.29) is 5.25 Å². The molecule has 0 bridgehead atoms. The molecule has 100 valence electrons. The number of rotatable bonds is 5. The van der Waals surface area contributed by atoms with Crippen LogP contribution in [-0.4, -0.2) is 18.6 Å². The lowest BCUT2D eigenvalue weighted by Crippen LogP contribution is -2.09. The van der Waals surface area contributed by atoms with E-state index >= 15 is 0 Å². The first-order valence-electron chi connectivity index (χ1n) is 5.85. The third-order valence-electron chi connectivity index (χ3n) is 2.66. The predicted octanol–water partition coefficient (Wildman–Crippen LogP) is 3.64. The molecule has 0 saturated carbocycles. The third-order valence-corrected chi connectivity index (χ3v) is 4.37. The molecular weight excluding hydrogens is 324 g/mol. The van der Waals surface area contributed by atoms with Gasteiger partial charge < -0.3 is 10.5 Å². The van der Waals surface area contributed by atoms with Crippen molar-refractivity contribution in [2.75, 3.05) is 13.7 Å². The Hall–Kier alpha value is -1.04. The van der Waals surface area contributed by atoms with Crippen molar-refractivity contribution >= 4 is 27.7 Å². The number of pyridine rings is 1. The van der Waals surface area contributed by atoms with E-state index in [0.29, 0.717) is 6.54 Å². The molecule has 0 spiro atoms. The molecule has 1 unspecified atom stereocenters. The standard InChI is InChI=1S/C14H15BrN2OS/c1-18-12-5-2-10(3-6-12)13(8-16)19-14-7-4-11(15)9-17-14/h2-7,9,13H,8,16H2,1H3. The smallest absolute Gasteiger partial charge is 0.118 e. The van der Waals surface area contributed by atoms with Crippen LogP contribution in [0.2, 0.25) is 0 Å². The number of halogens is 1. The van der Waals surface area contributed by atoms with E-state index in [9.17, 15) is 0 Å². The second-order valence-corrected chi connectivity index (χ2v) is 6.07. The van der Waals surface area contributed by atoms with Crippen LogP contribution in [0, 0.1) is 0 Å². The van der Waals surface area contributed by atoms with Crippen molar-refractivity contribution in [3.05, 3.63) is 52.6 Å². The van der Waals surface area contributed by atoms with Crippen molar-refractivity contribution in [2.45, 2.75) is 10.3 Å². The van der Waals surface area contributed by atoms with Crippen LogP contribution in [0.1, 0.15) is 10.8 Å². The summed E-state index contributed by atoms with van der Waals surface area (Å²) in [6.45, 7) is 0.564. The lowest BCUT2D eigenvalue weighted by atomic mass is 10.1. The Morgan fingerprint density at radius 3 is 2.53 bits per heavy atom. The Morgan fingerprint density at radius 1 is 1.26 bits per heavy atom. The molecule has 0 fully saturated rings. The Labute approximate surface area is 125 Å². The number of aromatic nitrogens is 1. The van der Waals surface area contributed by atoms with Gasteiger partial charge in [0.15, 0.2) is 0 Å². The van der Waals surface area contributed by atoms with Crippen molar-refractivity contribution in [1.82, 2.24) is 4.98 Å². The number of benzene rings is 1. The van der Waals surface area contributed by atoms with Gasteiger partial charge in [-0.1, -0.05) is 23.9 Å². The number of hydrogen-bond donors (Lipinski definition) is 1. The van der Waals surface area contributed by atoms with Crippen LogP contribution in [0.15, 0.2) is 52.1 Å². The normalized spacial score (nSPS) is 12.2. The fourth-order valence-corrected chi connectivity index (χ4v) is 2.82. The summed E-state index contributed by atoms with van der Waals surface area (Å²) in [5.74, 6) is 0.853. The zero-order valence-corrected chi connectivity index (χ0v) is 12.9. The van der Waals surface area contributed by atoms with Gasteiger partial charge in [0, 0.05) is 22.5 Å². The minimum Gasteiger partial charge on any atom is -0.497 e. The largest absolute Gasteiger partial charge is 0.497 e. The first-order chi connectivity index (χ1) is 9.22. The van der Waals surface area contributed by atoms with Crippen molar-refractivity contribution in [1.29, 1.82) is 0 Å². The van der Waals surface area contributed by atoms with Crippen LogP contribution < -0.4 is 10.5 Å². The van der Waals surface area contributed by atoms with E-state index in [1.807, 2.05) is 36.4 Å². The van der Waals surface area contributed by atoms with E-state index in [1.165, 1.54) is 5.56 Å². The first-order valence-corrected chi connectivity index (χ1v) is 7.52. The second kappa shape index (κ2) is 6.93. The molecule has 3 nitrogen and oxygen atoms in total. The number of hydrogen-bond acceptors (Lipinski definition) is 4. The lowest BCUT2D eigenvalue weighted by molar-refractivity contribution is 0.414. The van der Waals surface area contributed by atoms with E-state index in [0.717, 1.165) is 15.2 Å². The second-order valence-electron chi connectivity index (χ2n) is 3.93. The Bertz CT molecular complexity index is 516. The molecule has 0 aliphatic rings. The minimum absolute atomic E-state index is 0.194. The van der Waals surface area contributed by atoms with E-state index in [4.69, 9.17) is 10.5 Å². The highest BCUT2D eigenvalue weighted by molar-refractivity contribution is 9.10. The minimum atomic E-state index is 0.194. The van der Waals surface area contributed by atoms with Crippen molar-refractivity contribution < 1.29 is 4.74 Å². The Balaban J connectivity index is 2.12. The van der Waals surface area contributed by atoms with Crippen molar-refractivity contribution in [3.63, 3.8) is 0 Å². The quantitative estimate of drug-likeness (QED) is 0.845. The zero-order valence-electron chi connectivity index (χ0n) is 10.5. The maximum atomic E-state index is 5.86. The van der Waals surface area contributed by atoms with Crippen molar-refractivity contribution in [3.8, 4) is 5.75 Å². The molecular formula is C14H15BrN2OS. The van der Waals surface area contributed by atoms with E-state index in [2.05, 4.69) is 20.9 Å². The fourth-order valence-electron chi connectivity index (χ4n) is 1.65. The molecule has 1 atom stereocenters. The molecule has 2 rings (SSSR count). The highest BCUT2D eigenvalue weighted by atomic mass is 79.9. The van der Waals surface area contributed by atoms with Crippen molar-refractivity contribution in [2.24, 2.45) is 5.73 Å². The summed E-state index contributed by atoms with van der Waals surface area (Å²) >= 11 is 5.05. The number of thioether (sulfide) groups is 1. The SMILES string of the molecule is COc1ccc(C(CN)Sc2ccc(Br)cn2)cc1. The Morgan fingerprint density at radius 2 is 2.00 bits per heavy atom. The van der Waals surface area contributed by atoms with Gasteiger partial charge >= 0.3 is 0 Å². The summed E-state index contributed by atoms with van der Waals surface area (Å²) in [4.78, 5) is 4.36. The van der Waals surface area contributed by atoms with Gasteiger partial charge in [0.1, 0.15) is 5.75 Å². The van der Waals surface area contributed by atoms with Crippen LogP contribution in [-0.2, 0) is 0 Å². The number of ether oxygens (including phenoxy) is 1. The third kappa shape index (κ3) is 3.96. The summed E-state index contributed by atoms with van der Waals surface area (Å²) in [6, 6.07) is 12.0. The monoisotopic (exact) mass is 338 g/mol. The number of methoxy groups -OCH3 is 1. The van der Waals surface area contributed by atoms with Crippen LogP contribution in [0.5, 0.6) is 5.75 Å². The molecule has 2 N–H and O–H groups in total. The average molecular weight is 339 g/mol.